The van der Waals surface area contributed by atoms with Crippen LogP contribution in [0.25, 0.3) is 0 Å². The number of nitrogens with zero attached hydrogens (tertiary/aromatic N) is 1. The summed E-state index contributed by atoms with van der Waals surface area (Å²) in [5.41, 5.74) is -0.677. The molecule has 0 saturated carbocycles. The molecule has 0 aliphatic rings. The van der Waals surface area contributed by atoms with Crippen LogP contribution in [0.1, 0.15) is 13.8 Å². The maximum absolute atomic E-state index is 11.8. The van der Waals surface area contributed by atoms with Crippen molar-refractivity contribution in [3.8, 4) is 0 Å². The minimum atomic E-state index is -0.835. The topological polar surface area (TPSA) is 110 Å². The fourth-order valence-corrected chi connectivity index (χ4v) is 1.71. The van der Waals surface area contributed by atoms with E-state index in [9.17, 15) is 14.4 Å². The third-order valence-electron chi connectivity index (χ3n) is 2.33. The second-order valence-corrected chi connectivity index (χ2v) is 4.57. The average Bonchev–Trinajstić information content (AvgIpc) is 2.49. The molecule has 22 heavy (non-hydrogen) atoms. The minimum absolute atomic E-state index is 0.0869. The molecule has 0 amide bonds. The summed E-state index contributed by atoms with van der Waals surface area (Å²) in [7, 11) is 0. The van der Waals surface area contributed by atoms with E-state index >= 15 is 0 Å². The average molecular weight is 327 g/mol. The Hall–Kier alpha value is -2.29. The van der Waals surface area contributed by atoms with Gasteiger partial charge >= 0.3 is 11.9 Å². The summed E-state index contributed by atoms with van der Waals surface area (Å²) < 4.78 is 9.55. The SMILES string of the molecule is CCOC(=O)C(=CNc1cnc(SC)[nH]c1=O)C(=O)OCC. The van der Waals surface area contributed by atoms with Gasteiger partial charge in [0.25, 0.3) is 5.56 Å². The van der Waals surface area contributed by atoms with E-state index in [0.717, 1.165) is 6.20 Å². The van der Waals surface area contributed by atoms with E-state index in [4.69, 9.17) is 9.47 Å². The third kappa shape index (κ3) is 4.92. The lowest BCUT2D eigenvalue weighted by Crippen LogP contribution is -2.20. The lowest BCUT2D eigenvalue weighted by atomic mass is 10.3. The number of hydrogen-bond donors (Lipinski definition) is 2. The molecule has 0 fully saturated rings. The predicted octanol–water partition coefficient (Wildman–Crippen LogP) is 0.914. The smallest absolute Gasteiger partial charge is 0.347 e. The van der Waals surface area contributed by atoms with Crippen molar-refractivity contribution in [3.05, 3.63) is 28.3 Å². The molecule has 0 radical (unpaired) electrons. The molecule has 8 nitrogen and oxygen atoms in total. The Morgan fingerprint density at radius 1 is 1.32 bits per heavy atom. The second kappa shape index (κ2) is 8.88. The molecule has 120 valence electrons. The molecule has 0 aliphatic carbocycles. The molecule has 0 aliphatic heterocycles. The molecule has 0 atom stereocenters. The molecule has 0 unspecified atom stereocenters. The van der Waals surface area contributed by atoms with Crippen molar-refractivity contribution in [2.24, 2.45) is 0 Å². The molecule has 0 bridgehead atoms. The molecular formula is C13H17N3O5S. The molecule has 9 heteroatoms. The Morgan fingerprint density at radius 3 is 2.36 bits per heavy atom. The van der Waals surface area contributed by atoms with Gasteiger partial charge in [0.2, 0.25) is 0 Å². The Morgan fingerprint density at radius 2 is 1.91 bits per heavy atom. The van der Waals surface area contributed by atoms with Crippen LogP contribution >= 0.6 is 11.8 Å². The summed E-state index contributed by atoms with van der Waals surface area (Å²) in [6, 6.07) is 0. The first-order valence-corrected chi connectivity index (χ1v) is 7.70. The zero-order valence-corrected chi connectivity index (χ0v) is 13.3. The van der Waals surface area contributed by atoms with Crippen LogP contribution in [-0.2, 0) is 19.1 Å². The first kappa shape index (κ1) is 17.8. The van der Waals surface area contributed by atoms with Crippen molar-refractivity contribution in [1.82, 2.24) is 9.97 Å². The first-order chi connectivity index (χ1) is 10.5. The second-order valence-electron chi connectivity index (χ2n) is 3.78. The van der Waals surface area contributed by atoms with Crippen molar-refractivity contribution in [1.29, 1.82) is 0 Å². The van der Waals surface area contributed by atoms with E-state index < -0.39 is 17.5 Å². The van der Waals surface area contributed by atoms with Crippen LogP contribution in [0.15, 0.2) is 27.9 Å². The number of nitrogens with one attached hydrogen (secondary N) is 2. The highest BCUT2D eigenvalue weighted by molar-refractivity contribution is 7.98. The number of thioether (sulfide) groups is 1. The van der Waals surface area contributed by atoms with Gasteiger partial charge in [0.1, 0.15) is 5.69 Å². The summed E-state index contributed by atoms with van der Waals surface area (Å²) in [4.78, 5) is 41.7. The molecule has 0 spiro atoms. The van der Waals surface area contributed by atoms with Gasteiger partial charge in [-0.25, -0.2) is 14.6 Å². The Bertz CT molecular complexity index is 606. The quantitative estimate of drug-likeness (QED) is 0.190. The maximum Gasteiger partial charge on any atom is 0.347 e. The Labute approximate surface area is 131 Å². The van der Waals surface area contributed by atoms with Crippen LogP contribution in [0, 0.1) is 0 Å². The van der Waals surface area contributed by atoms with Crippen LogP contribution in [0.4, 0.5) is 5.69 Å². The number of aromatic amines is 1. The van der Waals surface area contributed by atoms with Gasteiger partial charge < -0.3 is 14.8 Å². The number of aromatic nitrogens is 2. The molecule has 1 heterocycles. The zero-order valence-electron chi connectivity index (χ0n) is 12.5. The zero-order chi connectivity index (χ0) is 16.5. The Balaban J connectivity index is 3.00. The van der Waals surface area contributed by atoms with Crippen LogP contribution in [0.5, 0.6) is 0 Å². The number of esters is 2. The molecule has 1 aromatic rings. The lowest BCUT2D eigenvalue weighted by Gasteiger charge is -2.07. The number of H-pyrrole nitrogens is 1. The van der Waals surface area contributed by atoms with Gasteiger partial charge in [0.05, 0.1) is 19.4 Å². The third-order valence-corrected chi connectivity index (χ3v) is 2.93. The van der Waals surface area contributed by atoms with E-state index in [0.29, 0.717) is 5.16 Å². The monoisotopic (exact) mass is 327 g/mol. The van der Waals surface area contributed by atoms with Crippen LogP contribution in [0.3, 0.4) is 0 Å². The van der Waals surface area contributed by atoms with E-state index in [1.54, 1.807) is 20.1 Å². The number of carbonyl (C=O) groups is 2. The Kier molecular flexibility index (Phi) is 7.17. The number of carbonyl (C=O) groups excluding carboxylic acids is 2. The highest BCUT2D eigenvalue weighted by atomic mass is 32.2. The van der Waals surface area contributed by atoms with Gasteiger partial charge in [-0.1, -0.05) is 11.8 Å². The molecule has 2 N–H and O–H groups in total. The van der Waals surface area contributed by atoms with E-state index in [2.05, 4.69) is 15.3 Å². The minimum Gasteiger partial charge on any atom is -0.462 e. The number of rotatable bonds is 7. The number of hydrogen-bond acceptors (Lipinski definition) is 8. The molecule has 0 aromatic carbocycles. The summed E-state index contributed by atoms with van der Waals surface area (Å²) >= 11 is 1.28. The van der Waals surface area contributed by atoms with Gasteiger partial charge in [0, 0.05) is 6.20 Å². The van der Waals surface area contributed by atoms with Crippen LogP contribution < -0.4 is 10.9 Å². The van der Waals surface area contributed by atoms with Crippen molar-refractivity contribution < 1.29 is 19.1 Å². The fourth-order valence-electron chi connectivity index (χ4n) is 1.35. The molecule has 0 saturated heterocycles. The van der Waals surface area contributed by atoms with Gasteiger partial charge in [-0.3, -0.25) is 9.78 Å². The highest BCUT2D eigenvalue weighted by Crippen LogP contribution is 2.08. The normalized spacial score (nSPS) is 9.77. The maximum atomic E-state index is 11.8. The number of ether oxygens (including phenoxy) is 2. The summed E-state index contributed by atoms with van der Waals surface area (Å²) in [6.07, 6.45) is 4.14. The molecule has 1 rings (SSSR count). The molecular weight excluding hydrogens is 310 g/mol. The molecule has 1 aromatic heterocycles. The van der Waals surface area contributed by atoms with Crippen molar-refractivity contribution in [2.45, 2.75) is 19.0 Å². The predicted molar refractivity (Wildman–Crippen MR) is 81.6 cm³/mol. The summed E-state index contributed by atoms with van der Waals surface area (Å²) in [6.45, 7) is 3.45. The van der Waals surface area contributed by atoms with Crippen LogP contribution in [-0.4, -0.2) is 41.4 Å². The van der Waals surface area contributed by atoms with Gasteiger partial charge in [-0.2, -0.15) is 0 Å². The van der Waals surface area contributed by atoms with Gasteiger partial charge in [-0.15, -0.1) is 0 Å². The standard InChI is InChI=1S/C13H17N3O5S/c1-4-20-11(18)8(12(19)21-5-2)6-14-9-7-15-13(22-3)16-10(9)17/h6-7,14H,4-5H2,1-3H3,(H,15,16,17). The fraction of sp³-hybridized carbons (Fsp3) is 0.385. The lowest BCUT2D eigenvalue weighted by molar-refractivity contribution is -0.146. The van der Waals surface area contributed by atoms with Gasteiger partial charge in [0.15, 0.2) is 10.7 Å². The van der Waals surface area contributed by atoms with Gasteiger partial charge in [-0.05, 0) is 20.1 Å². The highest BCUT2D eigenvalue weighted by Gasteiger charge is 2.21. The van der Waals surface area contributed by atoms with Crippen LogP contribution in [0.2, 0.25) is 0 Å². The van der Waals surface area contributed by atoms with E-state index in [-0.39, 0.29) is 24.5 Å². The summed E-state index contributed by atoms with van der Waals surface area (Å²) in [5, 5.41) is 3.02. The van der Waals surface area contributed by atoms with E-state index in [1.165, 1.54) is 18.0 Å². The van der Waals surface area contributed by atoms with E-state index in [1.807, 2.05) is 0 Å². The largest absolute Gasteiger partial charge is 0.462 e. The van der Waals surface area contributed by atoms with Crippen molar-refractivity contribution in [3.63, 3.8) is 0 Å². The number of anilines is 1. The van der Waals surface area contributed by atoms with Crippen molar-refractivity contribution >= 4 is 29.4 Å². The van der Waals surface area contributed by atoms with Crippen molar-refractivity contribution in [2.75, 3.05) is 24.8 Å². The summed E-state index contributed by atoms with van der Waals surface area (Å²) in [5.74, 6) is -1.67. The first-order valence-electron chi connectivity index (χ1n) is 6.47.